The van der Waals surface area contributed by atoms with Crippen LogP contribution in [-0.4, -0.2) is 39.9 Å². The van der Waals surface area contributed by atoms with Gasteiger partial charge in [0.1, 0.15) is 22.6 Å². The lowest BCUT2D eigenvalue weighted by atomic mass is 10.1. The summed E-state index contributed by atoms with van der Waals surface area (Å²) in [7, 11) is 0. The van der Waals surface area contributed by atoms with E-state index in [0.29, 0.717) is 83.9 Å². The van der Waals surface area contributed by atoms with Crippen LogP contribution in [0.2, 0.25) is 0 Å². The van der Waals surface area contributed by atoms with Gasteiger partial charge in [0, 0.05) is 64.1 Å². The van der Waals surface area contributed by atoms with E-state index < -0.39 is 0 Å². The fourth-order valence-corrected chi connectivity index (χ4v) is 6.60. The molecule has 0 amide bonds. The Morgan fingerprint density at radius 2 is 0.935 bits per heavy atom. The van der Waals surface area contributed by atoms with Gasteiger partial charge in [0.25, 0.3) is 0 Å². The lowest BCUT2D eigenvalue weighted by molar-refractivity contribution is 1.19. The maximum atomic E-state index is 6.33. The van der Waals surface area contributed by atoms with E-state index in [-0.39, 0.29) is 0 Å². The van der Waals surface area contributed by atoms with Gasteiger partial charge in [-0.25, -0.2) is 29.9 Å². The quantitative estimate of drug-likeness (QED) is 0.0906. The fraction of sp³-hybridized carbons (Fsp3) is 0. The Balaban J connectivity index is 1.51. The number of H-pyrrole nitrogens is 2. The molecule has 4 aromatic carbocycles. The van der Waals surface area contributed by atoms with Crippen molar-refractivity contribution in [2.75, 3.05) is 22.9 Å². The third kappa shape index (κ3) is 3.96. The summed E-state index contributed by atoms with van der Waals surface area (Å²) in [5, 5.41) is 3.12. The van der Waals surface area contributed by atoms with E-state index in [1.165, 1.54) is 0 Å². The Hall–Kier alpha value is -5.60. The molecule has 0 fully saturated rings. The highest BCUT2D eigenvalue weighted by molar-refractivity contribution is 9.10. The van der Waals surface area contributed by atoms with Gasteiger partial charge in [-0.1, -0.05) is 15.9 Å². The van der Waals surface area contributed by atoms with Crippen LogP contribution in [0.4, 0.5) is 22.7 Å². The molecule has 0 saturated carbocycles. The van der Waals surface area contributed by atoms with Gasteiger partial charge in [0.05, 0.1) is 11.4 Å². The Morgan fingerprint density at radius 3 is 1.54 bits per heavy atom. The summed E-state index contributed by atoms with van der Waals surface area (Å²) in [4.78, 5) is 36.6. The molecule has 0 saturated heterocycles. The first kappa shape index (κ1) is 26.8. The van der Waals surface area contributed by atoms with E-state index in [4.69, 9.17) is 52.8 Å². The van der Waals surface area contributed by atoms with E-state index in [1.807, 2.05) is 48.5 Å². The van der Waals surface area contributed by atoms with Crippen molar-refractivity contribution < 1.29 is 0 Å². The Bertz CT molecular complexity index is 2680. The summed E-state index contributed by atoms with van der Waals surface area (Å²) in [6.45, 7) is 0. The maximum Gasteiger partial charge on any atom is 0.164 e. The van der Waals surface area contributed by atoms with Crippen LogP contribution in [0.15, 0.2) is 69.6 Å². The minimum atomic E-state index is 0.415. The van der Waals surface area contributed by atoms with E-state index >= 15 is 0 Å². The average molecular weight is 732 g/mol. The molecule has 0 atom stereocenters. The van der Waals surface area contributed by atoms with Crippen LogP contribution in [0.3, 0.4) is 0 Å². The van der Waals surface area contributed by atoms with Crippen molar-refractivity contribution in [2.45, 2.75) is 0 Å². The van der Waals surface area contributed by atoms with E-state index in [9.17, 15) is 0 Å². The first-order chi connectivity index (χ1) is 22.2. The van der Waals surface area contributed by atoms with Crippen LogP contribution in [0, 0.1) is 0 Å². The number of nitrogens with zero attached hydrogens (tertiary/aromatic N) is 6. The second kappa shape index (κ2) is 9.45. The minimum absolute atomic E-state index is 0.415. The summed E-state index contributed by atoms with van der Waals surface area (Å²) < 4.78 is 1.60. The maximum absolute atomic E-state index is 6.33. The van der Waals surface area contributed by atoms with Crippen molar-refractivity contribution in [3.05, 3.63) is 69.6 Å². The number of hydrogen-bond donors (Lipinski definition) is 6. The van der Waals surface area contributed by atoms with Crippen LogP contribution < -0.4 is 22.9 Å². The van der Waals surface area contributed by atoms with Crippen LogP contribution in [0.5, 0.6) is 0 Å². The molecular weight excluding hydrogens is 712 g/mol. The number of benzene rings is 4. The first-order valence-corrected chi connectivity index (χ1v) is 15.6. The number of aromatic nitrogens is 8. The molecular formula is C32H20Br2N12. The van der Waals surface area contributed by atoms with Crippen molar-refractivity contribution >= 4 is 98.7 Å². The zero-order chi connectivity index (χ0) is 31.4. The number of aromatic amines is 2. The molecule has 2 aliphatic rings. The number of anilines is 4. The molecule has 0 spiro atoms. The second-order valence-corrected chi connectivity index (χ2v) is 12.8. The summed E-state index contributed by atoms with van der Waals surface area (Å²) in [5.74, 6) is 1.77. The Morgan fingerprint density at radius 1 is 0.435 bits per heavy atom. The molecule has 222 valence electrons. The molecule has 3 aromatic heterocycles. The standard InChI is InChI=1S/C32H20Br2N12/c33-11-1-3-13-15(5-11)27-39-25(13)42-30-18-8-22(36)21(34)7-17(18)29(44-30)45-32-20-10-24(38)23(37)9-19(20)31(46-32)43-28-16-6-12(35)2-4-14(16)26(40-27)41-28/h1-10H,35-38H2,(H2,39,40,41,42,43,44,45,46). The van der Waals surface area contributed by atoms with Crippen LogP contribution in [-0.2, 0) is 0 Å². The van der Waals surface area contributed by atoms with Gasteiger partial charge >= 0.3 is 0 Å². The molecule has 7 aromatic rings. The zero-order valence-electron chi connectivity index (χ0n) is 23.5. The van der Waals surface area contributed by atoms with Gasteiger partial charge in [-0.3, -0.25) is 0 Å². The normalized spacial score (nSPS) is 12.0. The molecule has 0 unspecified atom stereocenters. The highest BCUT2D eigenvalue weighted by Gasteiger charge is 2.23. The smallest absolute Gasteiger partial charge is 0.164 e. The fourth-order valence-electron chi connectivity index (χ4n) is 5.90. The van der Waals surface area contributed by atoms with Gasteiger partial charge in [-0.2, -0.15) is 0 Å². The van der Waals surface area contributed by atoms with Crippen LogP contribution in [0.25, 0.3) is 89.7 Å². The third-order valence-electron chi connectivity index (χ3n) is 8.14. The van der Waals surface area contributed by atoms with E-state index in [2.05, 4.69) is 41.8 Å². The SMILES string of the molecule is Nc1ccc2c(c1)-c1nc-2nc2[nH]c(nc3nc(nc4[nH]c(n1)c1cc(N)c(N)cc41)-c1cc(Br)c(N)cc1-3)c1ccc(Br)cc21. The highest BCUT2D eigenvalue weighted by Crippen LogP contribution is 2.40. The van der Waals surface area contributed by atoms with Gasteiger partial charge in [-0.05, 0) is 76.6 Å². The predicted octanol–water partition coefficient (Wildman–Crippen LogP) is 6.72. The van der Waals surface area contributed by atoms with Gasteiger partial charge < -0.3 is 32.9 Å². The number of rotatable bonds is 0. The number of halogens is 2. The number of nitrogens with two attached hydrogens (primary N) is 4. The van der Waals surface area contributed by atoms with E-state index in [0.717, 1.165) is 37.5 Å². The number of hydrogen-bond acceptors (Lipinski definition) is 10. The summed E-state index contributed by atoms with van der Waals surface area (Å²) in [6, 6.07) is 18.7. The summed E-state index contributed by atoms with van der Waals surface area (Å²) >= 11 is 7.17. The molecule has 0 aliphatic carbocycles. The van der Waals surface area contributed by atoms with Gasteiger partial charge in [-0.15, -0.1) is 0 Å². The van der Waals surface area contributed by atoms with Crippen molar-refractivity contribution in [3.63, 3.8) is 0 Å². The monoisotopic (exact) mass is 730 g/mol. The highest BCUT2D eigenvalue weighted by atomic mass is 79.9. The van der Waals surface area contributed by atoms with Crippen molar-refractivity contribution in [1.82, 2.24) is 39.9 Å². The minimum Gasteiger partial charge on any atom is -0.399 e. The number of fused-ring (bicyclic) bond motifs is 20. The summed E-state index contributed by atoms with van der Waals surface area (Å²) in [6.07, 6.45) is 0. The van der Waals surface area contributed by atoms with Crippen molar-refractivity contribution in [1.29, 1.82) is 0 Å². The molecule has 5 heterocycles. The molecule has 8 bridgehead atoms. The average Bonchev–Trinajstić information content (AvgIpc) is 3.73. The molecule has 14 heteroatoms. The third-order valence-corrected chi connectivity index (χ3v) is 9.32. The van der Waals surface area contributed by atoms with Crippen molar-refractivity contribution in [3.8, 4) is 45.6 Å². The number of nitrogens with one attached hydrogen (secondary N) is 2. The van der Waals surface area contributed by atoms with E-state index in [1.54, 1.807) is 12.1 Å². The van der Waals surface area contributed by atoms with Crippen LogP contribution in [0.1, 0.15) is 0 Å². The predicted molar refractivity (Wildman–Crippen MR) is 189 cm³/mol. The number of nitrogen functional groups attached to an aromatic ring is 4. The first-order valence-electron chi connectivity index (χ1n) is 14.0. The topological polar surface area (TPSA) is 213 Å². The lowest BCUT2D eigenvalue weighted by Gasteiger charge is -2.03. The molecule has 46 heavy (non-hydrogen) atoms. The zero-order valence-corrected chi connectivity index (χ0v) is 26.7. The lowest BCUT2D eigenvalue weighted by Crippen LogP contribution is -1.93. The Labute approximate surface area is 275 Å². The molecule has 0 radical (unpaired) electrons. The van der Waals surface area contributed by atoms with Crippen LogP contribution >= 0.6 is 31.9 Å². The van der Waals surface area contributed by atoms with Gasteiger partial charge in [0.2, 0.25) is 0 Å². The summed E-state index contributed by atoms with van der Waals surface area (Å²) in [5.41, 5.74) is 32.2. The molecule has 12 nitrogen and oxygen atoms in total. The molecule has 10 N–H and O–H groups in total. The second-order valence-electron chi connectivity index (χ2n) is 11.1. The molecule has 9 rings (SSSR count). The Kier molecular flexibility index (Phi) is 5.50. The molecule has 2 aliphatic heterocycles. The largest absolute Gasteiger partial charge is 0.399 e. The van der Waals surface area contributed by atoms with Gasteiger partial charge in [0.15, 0.2) is 23.3 Å². The van der Waals surface area contributed by atoms with Crippen molar-refractivity contribution in [2.24, 2.45) is 0 Å².